The van der Waals surface area contributed by atoms with Crippen LogP contribution >= 0.6 is 0 Å². The Morgan fingerprint density at radius 3 is 2.86 bits per heavy atom. The maximum Gasteiger partial charge on any atom is 0.164 e. The smallest absolute Gasteiger partial charge is 0.164 e. The van der Waals surface area contributed by atoms with Gasteiger partial charge in [-0.15, -0.1) is 0 Å². The highest BCUT2D eigenvalue weighted by Crippen LogP contribution is 2.31. The molecule has 5 aromatic rings. The minimum absolute atomic E-state index is 0.0503. The maximum absolute atomic E-state index is 9.42. The molecule has 0 aliphatic heterocycles. The average molecular weight is 386 g/mol. The van der Waals surface area contributed by atoms with Crippen LogP contribution in [0.25, 0.3) is 33.5 Å². The quantitative estimate of drug-likeness (QED) is 0.511. The molecule has 1 N–H and O–H groups in total. The Morgan fingerprint density at radius 2 is 2.03 bits per heavy atom. The number of aromatic nitrogens is 6. The number of aliphatic hydroxyl groups is 1. The van der Waals surface area contributed by atoms with Crippen molar-refractivity contribution >= 4 is 16.6 Å². The van der Waals surface area contributed by atoms with E-state index in [0.29, 0.717) is 5.75 Å². The molecule has 144 valence electrons. The van der Waals surface area contributed by atoms with Crippen molar-refractivity contribution < 1.29 is 9.84 Å². The lowest BCUT2D eigenvalue weighted by Crippen LogP contribution is -2.01. The van der Waals surface area contributed by atoms with Crippen molar-refractivity contribution in [3.05, 3.63) is 66.4 Å². The molecule has 0 amide bonds. The van der Waals surface area contributed by atoms with Crippen molar-refractivity contribution in [3.63, 3.8) is 0 Å². The van der Waals surface area contributed by atoms with Gasteiger partial charge in [-0.05, 0) is 36.8 Å². The van der Waals surface area contributed by atoms with Crippen molar-refractivity contribution in [2.75, 3.05) is 7.11 Å². The molecule has 0 atom stereocenters. The zero-order chi connectivity index (χ0) is 20.0. The van der Waals surface area contributed by atoms with E-state index >= 15 is 0 Å². The minimum Gasteiger partial charge on any atom is -0.494 e. The Hall–Kier alpha value is -3.78. The fourth-order valence-electron chi connectivity index (χ4n) is 3.49. The zero-order valence-corrected chi connectivity index (χ0v) is 15.9. The number of aryl methyl sites for hydroxylation is 1. The molecule has 0 fully saturated rings. The second-order valence-corrected chi connectivity index (χ2v) is 6.69. The lowest BCUT2D eigenvalue weighted by atomic mass is 10.1. The highest BCUT2D eigenvalue weighted by atomic mass is 16.5. The predicted molar refractivity (Wildman–Crippen MR) is 108 cm³/mol. The molecular formula is C21H18N6O2. The van der Waals surface area contributed by atoms with Gasteiger partial charge in [0.1, 0.15) is 11.4 Å². The topological polar surface area (TPSA) is 90.4 Å². The minimum atomic E-state index is -0.0503. The first-order chi connectivity index (χ1) is 14.2. The van der Waals surface area contributed by atoms with Crippen molar-refractivity contribution in [2.45, 2.75) is 13.5 Å². The number of rotatable bonds is 4. The molecule has 0 saturated heterocycles. The van der Waals surface area contributed by atoms with E-state index in [2.05, 4.69) is 15.1 Å². The van der Waals surface area contributed by atoms with Crippen LogP contribution in [0.15, 0.2) is 55.1 Å². The molecule has 1 aromatic carbocycles. The standard InChI is InChI=1S/C21H18N6O2/c1-13-15-10-23-17(16-11-24-26-7-3-6-22-21(16)26)9-19(15)27(25-13)18-5-4-14(12-28)8-20(18)29-2/h3-11,28H,12H2,1-2H3. The van der Waals surface area contributed by atoms with Gasteiger partial charge in [-0.3, -0.25) is 4.98 Å². The van der Waals surface area contributed by atoms with Crippen LogP contribution in [0.3, 0.4) is 0 Å². The monoisotopic (exact) mass is 386 g/mol. The van der Waals surface area contributed by atoms with Gasteiger partial charge in [0.05, 0.1) is 42.4 Å². The number of methoxy groups -OCH3 is 1. The molecular weight excluding hydrogens is 368 g/mol. The number of ether oxygens (including phenoxy) is 1. The van der Waals surface area contributed by atoms with E-state index in [0.717, 1.165) is 44.8 Å². The molecule has 0 aliphatic rings. The van der Waals surface area contributed by atoms with Crippen molar-refractivity contribution in [1.82, 2.24) is 29.4 Å². The third-order valence-electron chi connectivity index (χ3n) is 4.96. The molecule has 4 aromatic heterocycles. The van der Waals surface area contributed by atoms with Crippen LogP contribution in [0.4, 0.5) is 0 Å². The molecule has 5 rings (SSSR count). The number of aliphatic hydroxyl groups excluding tert-OH is 1. The molecule has 8 nitrogen and oxygen atoms in total. The first-order valence-corrected chi connectivity index (χ1v) is 9.12. The number of benzene rings is 1. The SMILES string of the molecule is COc1cc(CO)ccc1-n1nc(C)c2cnc(-c3cnn4cccnc34)cc21. The number of fused-ring (bicyclic) bond motifs is 2. The highest BCUT2D eigenvalue weighted by molar-refractivity contribution is 5.88. The van der Waals surface area contributed by atoms with Crippen LogP contribution in [-0.2, 0) is 6.61 Å². The summed E-state index contributed by atoms with van der Waals surface area (Å²) in [6.07, 6.45) is 7.18. The summed E-state index contributed by atoms with van der Waals surface area (Å²) in [4.78, 5) is 9.05. The van der Waals surface area contributed by atoms with Gasteiger partial charge in [0.2, 0.25) is 0 Å². The average Bonchev–Trinajstić information content (AvgIpc) is 3.34. The summed E-state index contributed by atoms with van der Waals surface area (Å²) in [6, 6.07) is 9.39. The fraction of sp³-hybridized carbons (Fsp3) is 0.143. The van der Waals surface area contributed by atoms with E-state index in [1.165, 1.54) is 0 Å². The second-order valence-electron chi connectivity index (χ2n) is 6.69. The summed E-state index contributed by atoms with van der Waals surface area (Å²) in [7, 11) is 1.61. The van der Waals surface area contributed by atoms with E-state index in [1.807, 2.05) is 54.3 Å². The van der Waals surface area contributed by atoms with Crippen LogP contribution in [0.1, 0.15) is 11.3 Å². The van der Waals surface area contributed by atoms with Crippen LogP contribution in [0.2, 0.25) is 0 Å². The molecule has 0 bridgehead atoms. The van der Waals surface area contributed by atoms with Gasteiger partial charge < -0.3 is 9.84 Å². The first kappa shape index (κ1) is 17.3. The van der Waals surface area contributed by atoms with Gasteiger partial charge in [0.15, 0.2) is 5.65 Å². The van der Waals surface area contributed by atoms with Gasteiger partial charge in [-0.1, -0.05) is 6.07 Å². The third-order valence-corrected chi connectivity index (χ3v) is 4.96. The van der Waals surface area contributed by atoms with Crippen LogP contribution in [0.5, 0.6) is 5.75 Å². The Balaban J connectivity index is 1.73. The lowest BCUT2D eigenvalue weighted by Gasteiger charge is -2.11. The van der Waals surface area contributed by atoms with E-state index in [9.17, 15) is 5.11 Å². The lowest BCUT2D eigenvalue weighted by molar-refractivity contribution is 0.281. The van der Waals surface area contributed by atoms with E-state index in [1.54, 1.807) is 24.0 Å². The molecule has 29 heavy (non-hydrogen) atoms. The van der Waals surface area contributed by atoms with E-state index in [-0.39, 0.29) is 6.61 Å². The van der Waals surface area contributed by atoms with Crippen LogP contribution in [0, 0.1) is 6.92 Å². The number of hydrogen-bond acceptors (Lipinski definition) is 6. The van der Waals surface area contributed by atoms with Crippen LogP contribution < -0.4 is 4.74 Å². The molecule has 0 spiro atoms. The summed E-state index contributed by atoms with van der Waals surface area (Å²) in [6.45, 7) is 1.90. The summed E-state index contributed by atoms with van der Waals surface area (Å²) >= 11 is 0. The largest absolute Gasteiger partial charge is 0.494 e. The number of nitrogens with zero attached hydrogens (tertiary/aromatic N) is 6. The molecule has 0 aliphatic carbocycles. The van der Waals surface area contributed by atoms with Gasteiger partial charge in [0, 0.05) is 24.0 Å². The van der Waals surface area contributed by atoms with Crippen molar-refractivity contribution in [3.8, 4) is 22.7 Å². The van der Waals surface area contributed by atoms with E-state index < -0.39 is 0 Å². The summed E-state index contributed by atoms with van der Waals surface area (Å²) in [5.41, 5.74) is 5.69. The van der Waals surface area contributed by atoms with Crippen molar-refractivity contribution in [2.24, 2.45) is 0 Å². The molecule has 0 radical (unpaired) electrons. The summed E-state index contributed by atoms with van der Waals surface area (Å²) < 4.78 is 9.11. The first-order valence-electron chi connectivity index (χ1n) is 9.12. The number of hydrogen-bond donors (Lipinski definition) is 1. The van der Waals surface area contributed by atoms with Gasteiger partial charge in [-0.2, -0.15) is 10.2 Å². The van der Waals surface area contributed by atoms with Gasteiger partial charge in [-0.25, -0.2) is 14.2 Å². The highest BCUT2D eigenvalue weighted by Gasteiger charge is 2.16. The summed E-state index contributed by atoms with van der Waals surface area (Å²) in [5.74, 6) is 0.636. The van der Waals surface area contributed by atoms with Gasteiger partial charge >= 0.3 is 0 Å². The zero-order valence-electron chi connectivity index (χ0n) is 15.9. The van der Waals surface area contributed by atoms with Crippen LogP contribution in [-0.4, -0.2) is 41.6 Å². The molecule has 8 heteroatoms. The Kier molecular flexibility index (Phi) is 3.99. The van der Waals surface area contributed by atoms with Gasteiger partial charge in [0.25, 0.3) is 0 Å². The Labute approximate surface area is 166 Å². The molecule has 0 unspecified atom stereocenters. The van der Waals surface area contributed by atoms with Crippen molar-refractivity contribution in [1.29, 1.82) is 0 Å². The predicted octanol–water partition coefficient (Wildman–Crippen LogP) is 2.94. The summed E-state index contributed by atoms with van der Waals surface area (Å²) in [5, 5.41) is 19.4. The molecule has 0 saturated carbocycles. The Morgan fingerprint density at radius 1 is 1.14 bits per heavy atom. The number of pyridine rings is 1. The molecule has 4 heterocycles. The normalized spacial score (nSPS) is 11.4. The second kappa shape index (κ2) is 6.68. The third kappa shape index (κ3) is 2.73. The van der Waals surface area contributed by atoms with E-state index in [4.69, 9.17) is 9.84 Å². The fourth-order valence-corrected chi connectivity index (χ4v) is 3.49. The Bertz CT molecular complexity index is 1350. The maximum atomic E-state index is 9.42.